The van der Waals surface area contributed by atoms with Gasteiger partial charge in [-0.15, -0.1) is 0 Å². The molecule has 0 saturated carbocycles. The molecule has 22 heteroatoms. The van der Waals surface area contributed by atoms with Crippen molar-refractivity contribution in [2.45, 2.75) is 175 Å². The van der Waals surface area contributed by atoms with Crippen molar-refractivity contribution in [2.24, 2.45) is 0 Å². The van der Waals surface area contributed by atoms with E-state index in [4.69, 9.17) is 54.3 Å². The number of aryl methyl sites for hydroxylation is 5. The van der Waals surface area contributed by atoms with Crippen molar-refractivity contribution in [3.63, 3.8) is 0 Å². The molecule has 0 radical (unpaired) electrons. The Labute approximate surface area is 570 Å². The molecule has 504 valence electrons. The number of methoxy groups -OCH3 is 1. The molecular weight excluding hydrogens is 1310 g/mol. The van der Waals surface area contributed by atoms with Gasteiger partial charge in [0.05, 0.1) is 12.5 Å². The highest BCUT2D eigenvalue weighted by molar-refractivity contribution is 6.92. The lowest BCUT2D eigenvalue weighted by Gasteiger charge is -2.46. The number of esters is 1. The minimum atomic E-state index is -3.25. The maximum absolute atomic E-state index is 14.2. The highest BCUT2D eigenvalue weighted by Gasteiger charge is 2.52. The lowest BCUT2D eigenvalue weighted by Crippen LogP contribution is -2.62. The molecule has 8 rings (SSSR count). The summed E-state index contributed by atoms with van der Waals surface area (Å²) < 4.78 is 82.8. The van der Waals surface area contributed by atoms with E-state index in [2.05, 4.69) is 164 Å². The van der Waals surface area contributed by atoms with Crippen LogP contribution in [-0.4, -0.2) is 94.5 Å². The molecule has 1 N–H and O–H groups in total. The molecule has 0 saturated heterocycles. The molecule has 3 unspecified atom stereocenters. The number of fused-ring (bicyclic) bond motifs is 3. The monoisotopic (exact) mass is 1410 g/mol. The van der Waals surface area contributed by atoms with Crippen LogP contribution in [-0.2, 0) is 58.3 Å². The first-order chi connectivity index (χ1) is 44.7. The summed E-state index contributed by atoms with van der Waals surface area (Å²) >= 11 is 0. The van der Waals surface area contributed by atoms with Crippen LogP contribution in [0.4, 0.5) is 4.79 Å². The SMILES string of the molecule is [3H]Oc1ccccc1CCC[Si](C)(O[Si](C)(C)O[Si](C)(CCCc1ccccc1OC(=O)Oc1cc(C2(c3ccc(C)c(OC)c3)c3ccccc3-c3ccccc32)ccc1C)O[Si](C)(C)C)O[Si](C)(C)O[Si](C)(CCCc1ccccc1OC(C)=O)O[Si](C)(C)O[SiH](C)C. The highest BCUT2D eigenvalue weighted by atomic mass is 28.5. The fourth-order valence-electron chi connectivity index (χ4n) is 13.8. The van der Waals surface area contributed by atoms with Gasteiger partial charge in [-0.25, -0.2) is 4.79 Å². The molecule has 0 bridgehead atoms. The number of hydrogen-bond donors (Lipinski definition) is 1. The van der Waals surface area contributed by atoms with Crippen LogP contribution >= 0.6 is 0 Å². The van der Waals surface area contributed by atoms with Gasteiger partial charge >= 0.3 is 63.5 Å². The number of carbonyl (C=O) groups excluding carboxylic acids is 2. The van der Waals surface area contributed by atoms with Crippen molar-refractivity contribution in [3.8, 4) is 39.9 Å². The molecule has 0 aromatic heterocycles. The van der Waals surface area contributed by atoms with E-state index in [0.717, 1.165) is 73.4 Å². The molecule has 0 fully saturated rings. The Bertz CT molecular complexity index is 3740. The molecule has 1 aliphatic rings. The third-order valence-corrected chi connectivity index (χ3v) is 47.1. The molecule has 14 nitrogen and oxygen atoms in total. The first-order valence-electron chi connectivity index (χ1n) is 33.4. The fourth-order valence-corrected chi connectivity index (χ4v) is 52.5. The van der Waals surface area contributed by atoms with Crippen molar-refractivity contribution in [3.05, 3.63) is 208 Å². The number of carbonyl (C=O) groups is 2. The summed E-state index contributed by atoms with van der Waals surface area (Å²) in [5.74, 6) is 2.32. The fraction of sp³-hybridized carbons (Fsp3) is 0.389. The summed E-state index contributed by atoms with van der Waals surface area (Å²) in [5, 5.41) is 5.05. The number of ether oxygens (including phenoxy) is 4. The summed E-state index contributed by atoms with van der Waals surface area (Å²) in [6.07, 6.45) is 3.16. The molecule has 0 aliphatic heterocycles. The molecule has 0 amide bonds. The second-order valence-corrected chi connectivity index (χ2v) is 56.8. The Morgan fingerprint density at radius 2 is 0.862 bits per heavy atom. The lowest BCUT2D eigenvalue weighted by atomic mass is 9.67. The van der Waals surface area contributed by atoms with Gasteiger partial charge in [0, 0.05) is 6.92 Å². The summed E-state index contributed by atoms with van der Waals surface area (Å²) in [6, 6.07) is 54.4. The van der Waals surface area contributed by atoms with Crippen LogP contribution in [0.2, 0.25) is 110 Å². The second-order valence-electron chi connectivity index (χ2n) is 27.9. The smallest absolute Gasteiger partial charge is 0.508 e. The normalized spacial score (nSPS) is 15.2. The Morgan fingerprint density at radius 1 is 0.468 bits per heavy atom. The van der Waals surface area contributed by atoms with E-state index in [1.807, 2.05) is 98.8 Å². The molecule has 7 aromatic rings. The van der Waals surface area contributed by atoms with Crippen LogP contribution in [0.1, 0.15) is 76.3 Å². The second kappa shape index (κ2) is 30.8. The largest absolute Gasteiger partial charge is 0.519 e. The van der Waals surface area contributed by atoms with Crippen LogP contribution in [0.15, 0.2) is 158 Å². The zero-order valence-corrected chi connectivity index (χ0v) is 66.8. The molecule has 0 heterocycles. The molecule has 0 spiro atoms. The number of phenolic OH excluding ortho intramolecular Hbond substituents is 1. The van der Waals surface area contributed by atoms with E-state index < -0.39 is 80.3 Å². The molecule has 3 atom stereocenters. The van der Waals surface area contributed by atoms with Crippen LogP contribution in [0.25, 0.3) is 11.1 Å². The zero-order chi connectivity index (χ0) is 69.2. The Hall–Kier alpha value is -5.66. The van der Waals surface area contributed by atoms with Gasteiger partial charge < -0.3 is 52.9 Å². The topological polar surface area (TPSA) is 156 Å². The van der Waals surface area contributed by atoms with E-state index in [-0.39, 0.29) is 5.97 Å². The number of aromatic hydroxyl groups is 1. The van der Waals surface area contributed by atoms with Crippen molar-refractivity contribution >= 4 is 80.8 Å². The third kappa shape index (κ3) is 19.5. The predicted molar refractivity (Wildman–Crippen MR) is 395 cm³/mol. The highest BCUT2D eigenvalue weighted by Crippen LogP contribution is 2.57. The van der Waals surface area contributed by atoms with E-state index in [1.165, 1.54) is 6.92 Å². The maximum atomic E-state index is 14.2. The summed E-state index contributed by atoms with van der Waals surface area (Å²) in [4.78, 5) is 26.3. The summed E-state index contributed by atoms with van der Waals surface area (Å²) in [7, 11) is -20.3. The van der Waals surface area contributed by atoms with Gasteiger partial charge in [-0.3, -0.25) is 4.79 Å². The van der Waals surface area contributed by atoms with Crippen molar-refractivity contribution in [1.29, 1.82) is 1.43 Å². The van der Waals surface area contributed by atoms with Crippen molar-refractivity contribution < 1.29 is 62.5 Å². The standard InChI is InChI=1S/C72H100O14Si8/c1-54-45-47-60(52-69(54)76-4)72(64-40-24-22-38-62(64)63-39-23-25-41-65(63)72)61-48-46-55(2)70(53-61)79-71(75)78-68-44-28-21-34-59(68)37-30-49-92(16,81-88(7,8)9)83-90(12,13)85-94(18,50-29-35-57-32-19-26-42-66(57)74)86-91(14,15)84-93(17,82-89(10,11)80-87(5)6)51-31-36-58-33-20-27-43-67(58)77-56(3)73/h19-28,32-34,38-48,52-53,74,87H,29-31,35-37,49-51H2,1-18H3/i/hT. The van der Waals surface area contributed by atoms with Gasteiger partial charge in [0.25, 0.3) is 1.43 Å². The minimum absolute atomic E-state index is 0.361. The van der Waals surface area contributed by atoms with Crippen molar-refractivity contribution in [2.75, 3.05) is 7.11 Å². The van der Waals surface area contributed by atoms with Gasteiger partial charge in [-0.1, -0.05) is 127 Å². The maximum Gasteiger partial charge on any atom is 0.519 e. The Balaban J connectivity index is 1.01. The molecule has 1 aliphatic carbocycles. The van der Waals surface area contributed by atoms with Gasteiger partial charge in [-0.2, -0.15) is 0 Å². The number of phenols is 1. The van der Waals surface area contributed by atoms with Gasteiger partial charge in [-0.05, 0) is 254 Å². The van der Waals surface area contributed by atoms with Gasteiger partial charge in [0.15, 0.2) is 17.4 Å². The van der Waals surface area contributed by atoms with Crippen LogP contribution in [0.3, 0.4) is 0 Å². The zero-order valence-electron chi connectivity index (χ0n) is 59.7. The average molecular weight is 1420 g/mol. The summed E-state index contributed by atoms with van der Waals surface area (Å²) in [5.41, 5.74) is 10.3. The van der Waals surface area contributed by atoms with Crippen LogP contribution in [0.5, 0.6) is 28.7 Å². The minimum Gasteiger partial charge on any atom is -0.508 e. The third-order valence-electron chi connectivity index (χ3n) is 16.6. The number of hydrogen-bond acceptors (Lipinski definition) is 14. The lowest BCUT2D eigenvalue weighted by molar-refractivity contribution is -0.131. The van der Waals surface area contributed by atoms with Crippen molar-refractivity contribution in [1.82, 2.24) is 0 Å². The van der Waals surface area contributed by atoms with Gasteiger partial charge in [0.2, 0.25) is 0 Å². The van der Waals surface area contributed by atoms with Gasteiger partial charge in [0.1, 0.15) is 28.7 Å². The van der Waals surface area contributed by atoms with E-state index in [0.29, 0.717) is 73.2 Å². The number of rotatable bonds is 33. The van der Waals surface area contributed by atoms with Crippen LogP contribution in [0, 0.1) is 13.8 Å². The van der Waals surface area contributed by atoms with E-state index in [1.54, 1.807) is 7.11 Å². The number of benzene rings is 7. The van der Waals surface area contributed by atoms with Crippen LogP contribution < -0.4 is 18.9 Å². The molecule has 94 heavy (non-hydrogen) atoms. The predicted octanol–water partition coefficient (Wildman–Crippen LogP) is 18.3. The average Bonchev–Trinajstić information content (AvgIpc) is 1.56. The summed E-state index contributed by atoms with van der Waals surface area (Å²) in [6.45, 7) is 35.4. The van der Waals surface area contributed by atoms with E-state index in [9.17, 15) is 9.59 Å². The quantitative estimate of drug-likeness (QED) is 0.0179. The Kier molecular flexibility index (Phi) is 23.8. The Morgan fingerprint density at radius 3 is 1.33 bits per heavy atom. The van der Waals surface area contributed by atoms with E-state index >= 15 is 0 Å². The first-order valence-corrected chi connectivity index (χ1v) is 55.2. The molecule has 7 aromatic carbocycles. The molecular formula is C72H100O14Si8. The first kappa shape index (κ1) is 72.6. The number of para-hydroxylation sites is 3.